The Morgan fingerprint density at radius 3 is 2.38 bits per heavy atom. The summed E-state index contributed by atoms with van der Waals surface area (Å²) < 4.78 is 5.94. The lowest BCUT2D eigenvalue weighted by molar-refractivity contribution is 0.0161. The second-order valence-electron chi connectivity index (χ2n) is 6.57. The molecule has 1 aliphatic carbocycles. The highest BCUT2D eigenvalue weighted by molar-refractivity contribution is 5.22. The Morgan fingerprint density at radius 2 is 1.71 bits per heavy atom. The Hall–Kier alpha value is -1.88. The minimum atomic E-state index is -0.582. The van der Waals surface area contributed by atoms with Crippen LogP contribution in [0.2, 0.25) is 0 Å². The van der Waals surface area contributed by atoms with Gasteiger partial charge in [0.2, 0.25) is 0 Å². The van der Waals surface area contributed by atoms with Crippen LogP contribution in [0.25, 0.3) is 0 Å². The van der Waals surface area contributed by atoms with Gasteiger partial charge in [-0.1, -0.05) is 48.5 Å². The van der Waals surface area contributed by atoms with Crippen LogP contribution in [0.1, 0.15) is 12.0 Å². The largest absolute Gasteiger partial charge is 0.488 e. The summed E-state index contributed by atoms with van der Waals surface area (Å²) in [5.41, 5.74) is 7.60. The number of nitrogens with two attached hydrogens (primary N) is 1. The van der Waals surface area contributed by atoms with E-state index in [0.29, 0.717) is 6.42 Å². The Kier molecular flexibility index (Phi) is 5.51. The van der Waals surface area contributed by atoms with Crippen molar-refractivity contribution in [2.75, 3.05) is 13.6 Å². The molecule has 4 heteroatoms. The molecule has 0 aromatic heterocycles. The fourth-order valence-electron chi connectivity index (χ4n) is 3.50. The van der Waals surface area contributed by atoms with Crippen LogP contribution in [0.15, 0.2) is 60.7 Å². The number of aliphatic hydroxyl groups is 1. The van der Waals surface area contributed by atoms with Gasteiger partial charge in [0, 0.05) is 19.0 Å². The lowest BCUT2D eigenvalue weighted by Gasteiger charge is -2.30. The van der Waals surface area contributed by atoms with Crippen molar-refractivity contribution in [1.29, 1.82) is 0 Å². The third-order valence-electron chi connectivity index (χ3n) is 4.81. The van der Waals surface area contributed by atoms with Gasteiger partial charge >= 0.3 is 0 Å². The molecule has 1 saturated carbocycles. The Balaban J connectivity index is 1.58. The van der Waals surface area contributed by atoms with Crippen molar-refractivity contribution < 1.29 is 9.84 Å². The normalized spacial score (nSPS) is 26.7. The molecule has 128 valence electrons. The topological polar surface area (TPSA) is 58.7 Å². The average molecular weight is 326 g/mol. The molecule has 0 bridgehead atoms. The Bertz CT molecular complexity index is 620. The maximum Gasteiger partial charge on any atom is 0.128 e. The summed E-state index contributed by atoms with van der Waals surface area (Å²) in [7, 11) is 2.03. The lowest BCUT2D eigenvalue weighted by Crippen LogP contribution is -2.49. The smallest absolute Gasteiger partial charge is 0.128 e. The number of para-hydroxylation sites is 1. The zero-order valence-corrected chi connectivity index (χ0v) is 14.1. The van der Waals surface area contributed by atoms with E-state index in [1.165, 1.54) is 5.56 Å². The molecule has 3 rings (SSSR count). The lowest BCUT2D eigenvalue weighted by atomic mass is 10.1. The van der Waals surface area contributed by atoms with Gasteiger partial charge in [0.25, 0.3) is 0 Å². The molecule has 0 amide bonds. The van der Waals surface area contributed by atoms with Crippen LogP contribution in [0.5, 0.6) is 5.75 Å². The number of benzene rings is 2. The quantitative estimate of drug-likeness (QED) is 0.853. The van der Waals surface area contributed by atoms with Gasteiger partial charge in [-0.05, 0) is 31.2 Å². The van der Waals surface area contributed by atoms with E-state index in [1.54, 1.807) is 0 Å². The summed E-state index contributed by atoms with van der Waals surface area (Å²) >= 11 is 0. The fourth-order valence-corrected chi connectivity index (χ4v) is 3.50. The molecule has 3 N–H and O–H groups in total. The molecule has 1 aliphatic rings. The monoisotopic (exact) mass is 326 g/mol. The van der Waals surface area contributed by atoms with Crippen molar-refractivity contribution in [3.63, 3.8) is 0 Å². The van der Waals surface area contributed by atoms with E-state index < -0.39 is 6.10 Å². The molecule has 0 aliphatic heterocycles. The zero-order valence-electron chi connectivity index (χ0n) is 14.1. The summed E-state index contributed by atoms with van der Waals surface area (Å²) in [5, 5.41) is 10.7. The summed E-state index contributed by atoms with van der Waals surface area (Å²) in [4.78, 5) is 2.16. The van der Waals surface area contributed by atoms with E-state index in [-0.39, 0.29) is 18.2 Å². The third-order valence-corrected chi connectivity index (χ3v) is 4.81. The molecule has 0 spiro atoms. The fraction of sp³-hybridized carbons (Fsp3) is 0.400. The van der Waals surface area contributed by atoms with Crippen LogP contribution >= 0.6 is 0 Å². The van der Waals surface area contributed by atoms with Crippen LogP contribution in [0.4, 0.5) is 0 Å². The molecule has 2 aromatic carbocycles. The highest BCUT2D eigenvalue weighted by Gasteiger charge is 2.44. The maximum absolute atomic E-state index is 10.7. The number of aliphatic hydroxyl groups excluding tert-OH is 1. The average Bonchev–Trinajstić information content (AvgIpc) is 2.88. The van der Waals surface area contributed by atoms with Crippen LogP contribution in [-0.4, -0.2) is 47.9 Å². The Labute approximate surface area is 143 Å². The molecular weight excluding hydrogens is 300 g/mol. The molecule has 4 atom stereocenters. The van der Waals surface area contributed by atoms with E-state index in [1.807, 2.05) is 43.4 Å². The summed E-state index contributed by atoms with van der Waals surface area (Å²) in [6, 6.07) is 19.8. The van der Waals surface area contributed by atoms with Gasteiger partial charge in [0.05, 0.1) is 6.04 Å². The zero-order chi connectivity index (χ0) is 16.9. The van der Waals surface area contributed by atoms with Crippen LogP contribution in [0, 0.1) is 0 Å². The van der Waals surface area contributed by atoms with E-state index >= 15 is 0 Å². The van der Waals surface area contributed by atoms with Crippen molar-refractivity contribution in [2.24, 2.45) is 5.73 Å². The van der Waals surface area contributed by atoms with Crippen molar-refractivity contribution in [3.8, 4) is 5.75 Å². The first-order valence-corrected chi connectivity index (χ1v) is 8.54. The summed E-state index contributed by atoms with van der Waals surface area (Å²) in [6.07, 6.45) is 0.765. The van der Waals surface area contributed by atoms with Crippen molar-refractivity contribution in [1.82, 2.24) is 4.90 Å². The molecule has 2 aromatic rings. The van der Waals surface area contributed by atoms with Gasteiger partial charge in [0.1, 0.15) is 18.0 Å². The minimum Gasteiger partial charge on any atom is -0.488 e. The first-order valence-electron chi connectivity index (χ1n) is 8.54. The van der Waals surface area contributed by atoms with E-state index in [9.17, 15) is 5.11 Å². The molecule has 0 heterocycles. The minimum absolute atomic E-state index is 0.0811. The van der Waals surface area contributed by atoms with Crippen LogP contribution in [-0.2, 0) is 6.42 Å². The summed E-state index contributed by atoms with van der Waals surface area (Å²) in [5.74, 6) is 0.779. The van der Waals surface area contributed by atoms with E-state index in [2.05, 4.69) is 29.2 Å². The molecule has 1 fully saturated rings. The second kappa shape index (κ2) is 7.79. The van der Waals surface area contributed by atoms with E-state index in [4.69, 9.17) is 10.5 Å². The van der Waals surface area contributed by atoms with E-state index in [0.717, 1.165) is 18.7 Å². The highest BCUT2D eigenvalue weighted by atomic mass is 16.5. The highest BCUT2D eigenvalue weighted by Crippen LogP contribution is 2.27. The molecule has 4 nitrogen and oxygen atoms in total. The first kappa shape index (κ1) is 17.0. The molecule has 0 saturated heterocycles. The molecular formula is C20H26N2O2. The van der Waals surface area contributed by atoms with Crippen molar-refractivity contribution in [2.45, 2.75) is 37.1 Å². The van der Waals surface area contributed by atoms with Gasteiger partial charge in [0.15, 0.2) is 0 Å². The number of hydrogen-bond acceptors (Lipinski definition) is 4. The predicted octanol–water partition coefficient (Wildman–Crippen LogP) is 2.07. The third kappa shape index (κ3) is 3.96. The first-order chi connectivity index (χ1) is 11.6. The number of ether oxygens (including phenoxy) is 1. The SMILES string of the molecule is CN(CCc1ccccc1)[C@@H]1[C@@H](O)[C@H](Oc2ccccc2)C[C@H]1N. The van der Waals surface area contributed by atoms with Gasteiger partial charge < -0.3 is 15.6 Å². The number of likely N-dealkylation sites (N-methyl/N-ethyl adjacent to an activating group) is 1. The summed E-state index contributed by atoms with van der Waals surface area (Å²) in [6.45, 7) is 0.859. The van der Waals surface area contributed by atoms with Crippen LogP contribution in [0.3, 0.4) is 0 Å². The van der Waals surface area contributed by atoms with Gasteiger partial charge in [-0.3, -0.25) is 4.90 Å². The van der Waals surface area contributed by atoms with Gasteiger partial charge in [-0.2, -0.15) is 0 Å². The number of hydrogen-bond donors (Lipinski definition) is 2. The molecule has 0 unspecified atom stereocenters. The van der Waals surface area contributed by atoms with Gasteiger partial charge in [-0.15, -0.1) is 0 Å². The maximum atomic E-state index is 10.7. The second-order valence-corrected chi connectivity index (χ2v) is 6.57. The Morgan fingerprint density at radius 1 is 1.08 bits per heavy atom. The van der Waals surface area contributed by atoms with Crippen molar-refractivity contribution >= 4 is 0 Å². The van der Waals surface area contributed by atoms with Crippen molar-refractivity contribution in [3.05, 3.63) is 66.2 Å². The number of rotatable bonds is 6. The standard InChI is InChI=1S/C20H26N2O2/c1-22(13-12-15-8-4-2-5-9-15)19-17(21)14-18(20(19)23)24-16-10-6-3-7-11-16/h2-11,17-20,23H,12-14,21H2,1H3/t17-,18-,19+,20+/m1/s1. The molecule has 24 heavy (non-hydrogen) atoms. The van der Waals surface area contributed by atoms with Crippen LogP contribution < -0.4 is 10.5 Å². The predicted molar refractivity (Wildman–Crippen MR) is 96.0 cm³/mol. The van der Waals surface area contributed by atoms with Gasteiger partial charge in [-0.25, -0.2) is 0 Å². The molecule has 0 radical (unpaired) electrons. The number of nitrogens with zero attached hydrogens (tertiary/aromatic N) is 1.